The van der Waals surface area contributed by atoms with E-state index in [0.717, 1.165) is 11.6 Å². The number of ether oxygens (including phenoxy) is 2. The van der Waals surface area contributed by atoms with E-state index in [1.54, 1.807) is 19.1 Å². The molecule has 0 saturated carbocycles. The van der Waals surface area contributed by atoms with E-state index in [2.05, 4.69) is 0 Å². The van der Waals surface area contributed by atoms with E-state index < -0.39 is 14.8 Å². The monoisotopic (exact) mass is 349 g/mol. The second-order valence-electron chi connectivity index (χ2n) is 5.47. The van der Waals surface area contributed by atoms with Gasteiger partial charge in [-0.3, -0.25) is 10.1 Å². The number of nitrogens with zero attached hydrogens (tertiary/aromatic N) is 1. The molecule has 1 heterocycles. The maximum absolute atomic E-state index is 12.9. The number of epoxide rings is 1. The van der Waals surface area contributed by atoms with Crippen molar-refractivity contribution in [3.63, 3.8) is 0 Å². The zero-order valence-electron chi connectivity index (χ0n) is 12.8. The molecule has 1 saturated heterocycles. The largest absolute Gasteiger partial charge is 0.489 e. The Bertz CT molecular complexity index is 889. The number of benzene rings is 2. The Morgan fingerprint density at radius 1 is 1.29 bits per heavy atom. The molecule has 0 aliphatic carbocycles. The molecule has 0 amide bonds. The summed E-state index contributed by atoms with van der Waals surface area (Å²) in [4.78, 5) is 10.2. The molecular formula is C16H15NO6S. The fraction of sp³-hybridized carbons (Fsp3) is 0.250. The molecular weight excluding hydrogens is 334 g/mol. The number of hydrogen-bond donors (Lipinski definition) is 0. The topological polar surface area (TPSA) is 99.0 Å². The van der Waals surface area contributed by atoms with E-state index in [4.69, 9.17) is 9.47 Å². The second kappa shape index (κ2) is 6.21. The van der Waals surface area contributed by atoms with Crippen LogP contribution in [0.25, 0.3) is 0 Å². The van der Waals surface area contributed by atoms with Crippen molar-refractivity contribution in [2.45, 2.75) is 22.8 Å². The Balaban J connectivity index is 2.07. The van der Waals surface area contributed by atoms with Crippen molar-refractivity contribution in [1.82, 2.24) is 0 Å². The lowest BCUT2D eigenvalue weighted by Crippen LogP contribution is -2.10. The van der Waals surface area contributed by atoms with Gasteiger partial charge in [0.1, 0.15) is 23.4 Å². The summed E-state index contributed by atoms with van der Waals surface area (Å²) in [6.07, 6.45) is -0.0604. The average Bonchev–Trinajstić information content (AvgIpc) is 3.37. The van der Waals surface area contributed by atoms with Crippen LogP contribution in [-0.2, 0) is 14.6 Å². The minimum Gasteiger partial charge on any atom is -0.489 e. The number of nitro benzene ring substituents is 1. The molecule has 2 aromatic rings. The molecule has 0 aromatic heterocycles. The Hall–Kier alpha value is -2.45. The van der Waals surface area contributed by atoms with E-state index in [9.17, 15) is 18.5 Å². The normalized spacial score (nSPS) is 16.6. The van der Waals surface area contributed by atoms with Gasteiger partial charge >= 0.3 is 0 Å². The summed E-state index contributed by atoms with van der Waals surface area (Å²) in [5.74, 6) is 0.0811. The predicted octanol–water partition coefficient (Wildman–Crippen LogP) is 2.51. The van der Waals surface area contributed by atoms with Crippen molar-refractivity contribution in [2.75, 3.05) is 13.2 Å². The molecule has 0 radical (unpaired) electrons. The Morgan fingerprint density at radius 3 is 2.67 bits per heavy atom. The van der Waals surface area contributed by atoms with Crippen molar-refractivity contribution in [2.24, 2.45) is 0 Å². The van der Waals surface area contributed by atoms with Gasteiger partial charge in [-0.2, -0.15) is 0 Å². The lowest BCUT2D eigenvalue weighted by atomic mass is 10.2. The van der Waals surface area contributed by atoms with Gasteiger partial charge in [0.25, 0.3) is 5.69 Å². The fourth-order valence-electron chi connectivity index (χ4n) is 2.20. The van der Waals surface area contributed by atoms with Crippen molar-refractivity contribution < 1.29 is 22.8 Å². The van der Waals surface area contributed by atoms with Gasteiger partial charge in [-0.05, 0) is 30.7 Å². The molecule has 8 heteroatoms. The number of nitro groups is 1. The first-order valence-corrected chi connectivity index (χ1v) is 8.71. The maximum atomic E-state index is 12.9. The molecule has 1 aliphatic heterocycles. The van der Waals surface area contributed by atoms with Crippen LogP contribution in [0.3, 0.4) is 0 Å². The van der Waals surface area contributed by atoms with Crippen LogP contribution in [0.4, 0.5) is 5.69 Å². The van der Waals surface area contributed by atoms with Gasteiger partial charge in [-0.1, -0.05) is 12.1 Å². The van der Waals surface area contributed by atoms with Gasteiger partial charge in [-0.25, -0.2) is 8.42 Å². The molecule has 24 heavy (non-hydrogen) atoms. The van der Waals surface area contributed by atoms with Gasteiger partial charge in [0, 0.05) is 12.1 Å². The average molecular weight is 349 g/mol. The Kier molecular flexibility index (Phi) is 4.25. The highest BCUT2D eigenvalue weighted by Gasteiger charge is 2.28. The molecule has 0 N–H and O–H groups in total. The van der Waals surface area contributed by atoms with Crippen molar-refractivity contribution in [3.8, 4) is 5.75 Å². The lowest BCUT2D eigenvalue weighted by Gasteiger charge is -2.12. The third-order valence-corrected chi connectivity index (χ3v) is 5.33. The summed E-state index contributed by atoms with van der Waals surface area (Å²) in [6.45, 7) is 2.54. The number of non-ortho nitro benzene ring substituents is 1. The Labute approximate surface area is 138 Å². The summed E-state index contributed by atoms with van der Waals surface area (Å²) >= 11 is 0. The van der Waals surface area contributed by atoms with Crippen LogP contribution in [-0.4, -0.2) is 32.7 Å². The highest BCUT2D eigenvalue weighted by Crippen LogP contribution is 2.33. The number of hydrogen-bond acceptors (Lipinski definition) is 6. The van der Waals surface area contributed by atoms with Crippen LogP contribution in [0, 0.1) is 17.0 Å². The van der Waals surface area contributed by atoms with Gasteiger partial charge in [0.15, 0.2) is 0 Å². The van der Waals surface area contributed by atoms with Gasteiger partial charge in [0.2, 0.25) is 9.84 Å². The van der Waals surface area contributed by atoms with E-state index in [1.807, 2.05) is 0 Å². The summed E-state index contributed by atoms with van der Waals surface area (Å²) < 4.78 is 36.4. The summed E-state index contributed by atoms with van der Waals surface area (Å²) in [5, 5.41) is 11.0. The molecule has 1 fully saturated rings. The van der Waals surface area contributed by atoms with E-state index in [1.165, 1.54) is 24.3 Å². The molecule has 3 rings (SSSR count). The van der Waals surface area contributed by atoms with Crippen LogP contribution in [0.15, 0.2) is 52.3 Å². The highest BCUT2D eigenvalue weighted by molar-refractivity contribution is 7.91. The molecule has 2 aromatic carbocycles. The van der Waals surface area contributed by atoms with Crippen LogP contribution in [0.2, 0.25) is 0 Å². The summed E-state index contributed by atoms with van der Waals surface area (Å²) in [6, 6.07) is 9.92. The second-order valence-corrected chi connectivity index (χ2v) is 7.39. The van der Waals surface area contributed by atoms with E-state index in [-0.39, 0.29) is 33.9 Å². The minimum absolute atomic E-state index is 0.0604. The smallest absolute Gasteiger partial charge is 0.271 e. The molecule has 126 valence electrons. The SMILES string of the molecule is Cc1cccc(S(=O)(=O)c2cc([N+](=O)[O-])ccc2OCC2CO2)c1. The molecule has 1 unspecified atom stereocenters. The predicted molar refractivity (Wildman–Crippen MR) is 85.0 cm³/mol. The number of rotatable bonds is 6. The van der Waals surface area contributed by atoms with Crippen LogP contribution in [0.5, 0.6) is 5.75 Å². The highest BCUT2D eigenvalue weighted by atomic mass is 32.2. The zero-order valence-corrected chi connectivity index (χ0v) is 13.7. The molecule has 7 nitrogen and oxygen atoms in total. The van der Waals surface area contributed by atoms with E-state index in [0.29, 0.717) is 6.61 Å². The van der Waals surface area contributed by atoms with Crippen LogP contribution in [0.1, 0.15) is 5.56 Å². The molecule has 0 bridgehead atoms. The van der Waals surface area contributed by atoms with Gasteiger partial charge in [0.05, 0.1) is 16.4 Å². The third kappa shape index (κ3) is 3.39. The van der Waals surface area contributed by atoms with Crippen LogP contribution >= 0.6 is 0 Å². The third-order valence-electron chi connectivity index (χ3n) is 3.55. The van der Waals surface area contributed by atoms with Crippen molar-refractivity contribution in [3.05, 3.63) is 58.1 Å². The summed E-state index contributed by atoms with van der Waals surface area (Å²) in [5.41, 5.74) is 0.464. The minimum atomic E-state index is -3.95. The molecule has 1 atom stereocenters. The standard InChI is InChI=1S/C16H15NO6S/c1-11-3-2-4-14(7-11)24(20,21)16-8-12(17(18)19)5-6-15(16)23-10-13-9-22-13/h2-8,13H,9-10H2,1H3. The maximum Gasteiger partial charge on any atom is 0.271 e. The zero-order chi connectivity index (χ0) is 17.3. The first kappa shape index (κ1) is 16.4. The fourth-order valence-corrected chi connectivity index (χ4v) is 3.72. The van der Waals surface area contributed by atoms with Crippen molar-refractivity contribution >= 4 is 15.5 Å². The van der Waals surface area contributed by atoms with Crippen LogP contribution < -0.4 is 4.74 Å². The van der Waals surface area contributed by atoms with Crippen molar-refractivity contribution in [1.29, 1.82) is 0 Å². The lowest BCUT2D eigenvalue weighted by molar-refractivity contribution is -0.385. The quantitative estimate of drug-likeness (QED) is 0.451. The molecule has 0 spiro atoms. The van der Waals surface area contributed by atoms with Gasteiger partial charge in [-0.15, -0.1) is 0 Å². The first-order chi connectivity index (χ1) is 11.4. The first-order valence-electron chi connectivity index (χ1n) is 7.22. The molecule has 1 aliphatic rings. The number of aryl methyl sites for hydroxylation is 1. The summed E-state index contributed by atoms with van der Waals surface area (Å²) in [7, 11) is -3.95. The Morgan fingerprint density at radius 2 is 2.04 bits per heavy atom. The van der Waals surface area contributed by atoms with Gasteiger partial charge < -0.3 is 9.47 Å². The van der Waals surface area contributed by atoms with E-state index >= 15 is 0 Å². The number of sulfone groups is 1.